The van der Waals surface area contributed by atoms with E-state index in [-0.39, 0.29) is 11.1 Å². The summed E-state index contributed by atoms with van der Waals surface area (Å²) in [6, 6.07) is 2.35. The highest BCUT2D eigenvalue weighted by Crippen LogP contribution is 2.43. The fourth-order valence-corrected chi connectivity index (χ4v) is 3.36. The van der Waals surface area contributed by atoms with Crippen LogP contribution in [-0.4, -0.2) is 29.7 Å². The molecule has 3 rings (SSSR count). The van der Waals surface area contributed by atoms with E-state index in [1.807, 2.05) is 0 Å². The molecule has 0 amide bonds. The molecule has 0 atom stereocenters. The first-order valence-electron chi connectivity index (χ1n) is 7.98. The molecule has 1 aliphatic carbocycles. The van der Waals surface area contributed by atoms with E-state index in [0.717, 1.165) is 0 Å². The van der Waals surface area contributed by atoms with Gasteiger partial charge < -0.3 is 14.6 Å². The van der Waals surface area contributed by atoms with Crippen molar-refractivity contribution in [1.82, 2.24) is 0 Å². The zero-order valence-corrected chi connectivity index (χ0v) is 13.5. The van der Waals surface area contributed by atoms with Crippen molar-refractivity contribution in [2.45, 2.75) is 50.9 Å². The van der Waals surface area contributed by atoms with Crippen LogP contribution in [0.3, 0.4) is 0 Å². The van der Waals surface area contributed by atoms with Crippen molar-refractivity contribution < 1.29 is 23.4 Å². The second-order valence-corrected chi connectivity index (χ2v) is 6.59. The van der Waals surface area contributed by atoms with E-state index in [2.05, 4.69) is 0 Å². The zero-order valence-electron chi connectivity index (χ0n) is 13.5. The Morgan fingerprint density at radius 3 is 2.30 bits per heavy atom. The minimum atomic E-state index is -1.03. The van der Waals surface area contributed by atoms with Gasteiger partial charge in [-0.2, -0.15) is 0 Å². The molecule has 0 aromatic heterocycles. The van der Waals surface area contributed by atoms with Crippen LogP contribution in [0, 0.1) is 18.6 Å². The Morgan fingerprint density at radius 1 is 1.09 bits per heavy atom. The second-order valence-electron chi connectivity index (χ2n) is 6.59. The molecule has 1 saturated heterocycles. The lowest BCUT2D eigenvalue weighted by molar-refractivity contribution is -0.197. The summed E-state index contributed by atoms with van der Waals surface area (Å²) in [4.78, 5) is 0. The second kappa shape index (κ2) is 5.96. The Bertz CT molecular complexity index is 623. The van der Waals surface area contributed by atoms with Gasteiger partial charge in [-0.05, 0) is 50.0 Å². The van der Waals surface area contributed by atoms with Crippen LogP contribution in [0.2, 0.25) is 0 Å². The molecule has 1 N–H and O–H groups in total. The quantitative estimate of drug-likeness (QED) is 0.901. The predicted octanol–water partition coefficient (Wildman–Crippen LogP) is 3.72. The standard InChI is InChI=1S/C18H22F2O3/c1-12-9-16(20)14(11-15(12)19)10-13(2)17(21)3-5-18(6-4-17)22-7-8-23-18/h9-11,21H,3-8H2,1-2H3/b13-10+. The Morgan fingerprint density at radius 2 is 1.70 bits per heavy atom. The van der Waals surface area contributed by atoms with Crippen molar-refractivity contribution in [1.29, 1.82) is 0 Å². The Kier molecular flexibility index (Phi) is 4.29. The molecular weight excluding hydrogens is 302 g/mol. The summed E-state index contributed by atoms with van der Waals surface area (Å²) in [5.74, 6) is -1.50. The lowest BCUT2D eigenvalue weighted by atomic mass is 9.76. The minimum absolute atomic E-state index is 0.160. The van der Waals surface area contributed by atoms with Crippen molar-refractivity contribution in [3.63, 3.8) is 0 Å². The van der Waals surface area contributed by atoms with Gasteiger partial charge in [0.1, 0.15) is 11.6 Å². The van der Waals surface area contributed by atoms with Gasteiger partial charge in [-0.1, -0.05) is 6.08 Å². The van der Waals surface area contributed by atoms with Gasteiger partial charge in [0.05, 0.1) is 18.8 Å². The molecule has 3 nitrogen and oxygen atoms in total. The first-order valence-corrected chi connectivity index (χ1v) is 7.98. The molecule has 1 aliphatic heterocycles. The number of benzene rings is 1. The van der Waals surface area contributed by atoms with Crippen LogP contribution in [-0.2, 0) is 9.47 Å². The number of ether oxygens (including phenoxy) is 2. The zero-order chi connectivity index (χ0) is 16.7. The van der Waals surface area contributed by atoms with Gasteiger partial charge in [0, 0.05) is 18.4 Å². The van der Waals surface area contributed by atoms with Gasteiger partial charge in [0.2, 0.25) is 0 Å². The van der Waals surface area contributed by atoms with Crippen molar-refractivity contribution in [3.05, 3.63) is 40.5 Å². The average Bonchev–Trinajstić information content (AvgIpc) is 2.97. The average molecular weight is 324 g/mol. The number of rotatable bonds is 2. The molecule has 1 aromatic carbocycles. The Labute approximate surface area is 134 Å². The van der Waals surface area contributed by atoms with Crippen LogP contribution in [0.5, 0.6) is 0 Å². The number of hydrogen-bond acceptors (Lipinski definition) is 3. The number of aliphatic hydroxyl groups is 1. The van der Waals surface area contributed by atoms with Crippen LogP contribution < -0.4 is 0 Å². The van der Waals surface area contributed by atoms with Gasteiger partial charge in [-0.3, -0.25) is 0 Å². The molecule has 126 valence electrons. The first kappa shape index (κ1) is 16.6. The molecule has 0 bridgehead atoms. The molecular formula is C18H22F2O3. The maximum Gasteiger partial charge on any atom is 0.168 e. The van der Waals surface area contributed by atoms with E-state index in [9.17, 15) is 13.9 Å². The maximum atomic E-state index is 14.0. The predicted molar refractivity (Wildman–Crippen MR) is 82.8 cm³/mol. The molecule has 2 aliphatic rings. The van der Waals surface area contributed by atoms with E-state index >= 15 is 0 Å². The summed E-state index contributed by atoms with van der Waals surface area (Å²) in [6.07, 6.45) is 3.68. The smallest absolute Gasteiger partial charge is 0.168 e. The van der Waals surface area contributed by atoms with Crippen LogP contribution >= 0.6 is 0 Å². The highest BCUT2D eigenvalue weighted by molar-refractivity contribution is 5.56. The molecule has 1 saturated carbocycles. The number of aryl methyl sites for hydroxylation is 1. The lowest BCUT2D eigenvalue weighted by Gasteiger charge is -2.41. The molecule has 1 aromatic rings. The molecule has 1 heterocycles. The van der Waals surface area contributed by atoms with Crippen LogP contribution in [0.1, 0.15) is 43.7 Å². The van der Waals surface area contributed by atoms with Gasteiger partial charge in [-0.25, -0.2) is 8.78 Å². The molecule has 2 fully saturated rings. The van der Waals surface area contributed by atoms with Crippen LogP contribution in [0.4, 0.5) is 8.78 Å². The van der Waals surface area contributed by atoms with Crippen molar-refractivity contribution in [3.8, 4) is 0 Å². The highest BCUT2D eigenvalue weighted by atomic mass is 19.1. The van der Waals surface area contributed by atoms with Gasteiger partial charge in [0.15, 0.2) is 5.79 Å². The minimum Gasteiger partial charge on any atom is -0.386 e. The molecule has 0 unspecified atom stereocenters. The summed E-state index contributed by atoms with van der Waals surface area (Å²) in [5, 5.41) is 10.9. The summed E-state index contributed by atoms with van der Waals surface area (Å²) < 4.78 is 39.0. The summed E-state index contributed by atoms with van der Waals surface area (Å²) in [7, 11) is 0. The molecule has 23 heavy (non-hydrogen) atoms. The first-order chi connectivity index (χ1) is 10.8. The largest absolute Gasteiger partial charge is 0.386 e. The van der Waals surface area contributed by atoms with Crippen molar-refractivity contribution in [2.75, 3.05) is 13.2 Å². The van der Waals surface area contributed by atoms with Gasteiger partial charge in [0.25, 0.3) is 0 Å². The number of hydrogen-bond donors (Lipinski definition) is 1. The fraction of sp³-hybridized carbons (Fsp3) is 0.556. The third-order valence-corrected chi connectivity index (χ3v) is 5.04. The maximum absolute atomic E-state index is 14.0. The Hall–Kier alpha value is -1.30. The molecule has 5 heteroatoms. The van der Waals surface area contributed by atoms with E-state index < -0.39 is 23.0 Å². The summed E-state index contributed by atoms with van der Waals surface area (Å²) in [6.45, 7) is 4.45. The van der Waals surface area contributed by atoms with E-state index in [0.29, 0.717) is 44.5 Å². The van der Waals surface area contributed by atoms with Crippen LogP contribution in [0.25, 0.3) is 6.08 Å². The van der Waals surface area contributed by atoms with Crippen molar-refractivity contribution in [2.24, 2.45) is 0 Å². The monoisotopic (exact) mass is 324 g/mol. The summed E-state index contributed by atoms with van der Waals surface area (Å²) in [5.41, 5.74) is 0.0280. The normalized spacial score (nSPS) is 23.4. The highest BCUT2D eigenvalue weighted by Gasteiger charge is 2.46. The Balaban J connectivity index is 1.79. The van der Waals surface area contributed by atoms with Gasteiger partial charge >= 0.3 is 0 Å². The number of halogens is 2. The van der Waals surface area contributed by atoms with Crippen molar-refractivity contribution >= 4 is 6.08 Å². The lowest BCUT2D eigenvalue weighted by Crippen LogP contribution is -2.44. The van der Waals surface area contributed by atoms with E-state index in [1.54, 1.807) is 6.92 Å². The third kappa shape index (κ3) is 3.18. The summed E-state index contributed by atoms with van der Waals surface area (Å²) >= 11 is 0. The van der Waals surface area contributed by atoms with Gasteiger partial charge in [-0.15, -0.1) is 0 Å². The molecule has 0 radical (unpaired) electrons. The molecule has 1 spiro atoms. The third-order valence-electron chi connectivity index (χ3n) is 5.04. The fourth-order valence-electron chi connectivity index (χ4n) is 3.36. The van der Waals surface area contributed by atoms with E-state index in [1.165, 1.54) is 25.1 Å². The van der Waals surface area contributed by atoms with E-state index in [4.69, 9.17) is 9.47 Å². The van der Waals surface area contributed by atoms with Crippen LogP contribution in [0.15, 0.2) is 17.7 Å². The SMILES string of the molecule is C/C(=C\c1cc(F)c(C)cc1F)C1(O)CCC2(CC1)OCCO2. The topological polar surface area (TPSA) is 38.7 Å².